The SMILES string of the molecule is C/C=C\C=C(/N)c1cc(-c2ccc(-c3cc4c(oc5cccc(-c6cccc7ccccc67)c54)c4ccccc34)cc2)cc(-c2ccccn2)n1. The van der Waals surface area contributed by atoms with Crippen LogP contribution in [0.25, 0.3) is 93.9 Å². The quantitative estimate of drug-likeness (QED) is 0.181. The zero-order chi connectivity index (χ0) is 34.3. The van der Waals surface area contributed by atoms with E-state index in [4.69, 9.17) is 15.1 Å². The third-order valence-corrected chi connectivity index (χ3v) is 9.63. The van der Waals surface area contributed by atoms with E-state index in [0.29, 0.717) is 11.4 Å². The van der Waals surface area contributed by atoms with E-state index in [1.165, 1.54) is 21.9 Å². The van der Waals surface area contributed by atoms with Crippen LogP contribution in [-0.2, 0) is 0 Å². The van der Waals surface area contributed by atoms with Crippen LogP contribution in [0.3, 0.4) is 0 Å². The van der Waals surface area contributed by atoms with Crippen molar-refractivity contribution in [3.05, 3.63) is 176 Å². The summed E-state index contributed by atoms with van der Waals surface area (Å²) in [5, 5.41) is 6.92. The van der Waals surface area contributed by atoms with Crippen molar-refractivity contribution in [2.75, 3.05) is 0 Å². The molecule has 0 aliphatic carbocycles. The topological polar surface area (TPSA) is 64.9 Å². The third kappa shape index (κ3) is 5.34. The summed E-state index contributed by atoms with van der Waals surface area (Å²) < 4.78 is 6.68. The molecule has 242 valence electrons. The number of rotatable bonds is 6. The van der Waals surface area contributed by atoms with Crippen molar-refractivity contribution in [2.45, 2.75) is 6.92 Å². The number of pyridine rings is 2. The Balaban J connectivity index is 1.21. The van der Waals surface area contributed by atoms with Gasteiger partial charge >= 0.3 is 0 Å². The average molecular weight is 656 g/mol. The molecule has 0 saturated carbocycles. The molecule has 0 unspecified atom stereocenters. The predicted molar refractivity (Wildman–Crippen MR) is 213 cm³/mol. The van der Waals surface area contributed by atoms with E-state index in [0.717, 1.165) is 66.4 Å². The predicted octanol–water partition coefficient (Wildman–Crippen LogP) is 12.2. The molecule has 0 fully saturated rings. The summed E-state index contributed by atoms with van der Waals surface area (Å²) in [6, 6.07) is 51.1. The van der Waals surface area contributed by atoms with Crippen LogP contribution in [0.15, 0.2) is 174 Å². The maximum Gasteiger partial charge on any atom is 0.143 e. The van der Waals surface area contributed by atoms with E-state index < -0.39 is 0 Å². The van der Waals surface area contributed by atoms with Gasteiger partial charge in [0.05, 0.1) is 22.8 Å². The number of furan rings is 1. The summed E-state index contributed by atoms with van der Waals surface area (Å²) in [7, 11) is 0. The molecule has 51 heavy (non-hydrogen) atoms. The highest BCUT2D eigenvalue weighted by Gasteiger charge is 2.19. The average Bonchev–Trinajstić information content (AvgIpc) is 3.59. The summed E-state index contributed by atoms with van der Waals surface area (Å²) in [6.07, 6.45) is 7.54. The molecule has 3 aromatic heterocycles. The Morgan fingerprint density at radius 2 is 1.31 bits per heavy atom. The first-order chi connectivity index (χ1) is 25.2. The molecular formula is C47H33N3O. The second-order valence-corrected chi connectivity index (χ2v) is 12.7. The number of nitrogens with zero attached hydrogens (tertiary/aromatic N) is 2. The molecule has 0 spiro atoms. The maximum absolute atomic E-state index is 6.68. The van der Waals surface area contributed by atoms with Crippen molar-refractivity contribution in [1.29, 1.82) is 0 Å². The zero-order valence-corrected chi connectivity index (χ0v) is 28.0. The second-order valence-electron chi connectivity index (χ2n) is 12.7. The van der Waals surface area contributed by atoms with Crippen LogP contribution in [0.1, 0.15) is 12.6 Å². The van der Waals surface area contributed by atoms with Crippen molar-refractivity contribution in [1.82, 2.24) is 9.97 Å². The molecule has 0 amide bonds. The Bertz CT molecular complexity index is 2800. The molecule has 0 aliphatic heterocycles. The summed E-state index contributed by atoms with van der Waals surface area (Å²) in [6.45, 7) is 1.97. The Labute approximate surface area is 295 Å². The third-order valence-electron chi connectivity index (χ3n) is 9.63. The van der Waals surface area contributed by atoms with Gasteiger partial charge in [0.15, 0.2) is 0 Å². The van der Waals surface area contributed by atoms with Gasteiger partial charge in [0.25, 0.3) is 0 Å². The first kappa shape index (κ1) is 30.3. The molecule has 0 atom stereocenters. The lowest BCUT2D eigenvalue weighted by atomic mass is 9.91. The number of hydrogen-bond donors (Lipinski definition) is 1. The normalized spacial score (nSPS) is 12.1. The van der Waals surface area contributed by atoms with Crippen molar-refractivity contribution in [3.8, 4) is 44.8 Å². The number of nitrogens with two attached hydrogens (primary N) is 1. The van der Waals surface area contributed by atoms with Gasteiger partial charge in [-0.15, -0.1) is 0 Å². The molecule has 4 nitrogen and oxygen atoms in total. The Morgan fingerprint density at radius 1 is 0.588 bits per heavy atom. The summed E-state index contributed by atoms with van der Waals surface area (Å²) in [5.74, 6) is 0. The van der Waals surface area contributed by atoms with Gasteiger partial charge in [0.1, 0.15) is 11.2 Å². The summed E-state index contributed by atoms with van der Waals surface area (Å²) in [4.78, 5) is 9.44. The largest absolute Gasteiger partial charge is 0.455 e. The molecule has 9 rings (SSSR count). The van der Waals surface area contributed by atoms with Gasteiger partial charge in [-0.05, 0) is 98.9 Å². The zero-order valence-electron chi connectivity index (χ0n) is 28.0. The van der Waals surface area contributed by atoms with Crippen LogP contribution in [0.2, 0.25) is 0 Å². The van der Waals surface area contributed by atoms with Crippen LogP contribution >= 0.6 is 0 Å². The lowest BCUT2D eigenvalue weighted by Gasteiger charge is -2.12. The van der Waals surface area contributed by atoms with Gasteiger partial charge in [0.2, 0.25) is 0 Å². The number of hydrogen-bond acceptors (Lipinski definition) is 4. The van der Waals surface area contributed by atoms with Crippen molar-refractivity contribution < 1.29 is 4.42 Å². The van der Waals surface area contributed by atoms with Crippen LogP contribution in [0.4, 0.5) is 0 Å². The molecule has 9 aromatic rings. The van der Waals surface area contributed by atoms with E-state index in [1.807, 2.05) is 49.4 Å². The highest BCUT2D eigenvalue weighted by Crippen LogP contribution is 2.44. The van der Waals surface area contributed by atoms with E-state index >= 15 is 0 Å². The molecule has 2 N–H and O–H groups in total. The molecule has 4 heteroatoms. The van der Waals surface area contributed by atoms with E-state index in [1.54, 1.807) is 6.20 Å². The Morgan fingerprint density at radius 3 is 2.14 bits per heavy atom. The molecule has 0 aliphatic rings. The van der Waals surface area contributed by atoms with Gasteiger partial charge in [-0.2, -0.15) is 0 Å². The smallest absolute Gasteiger partial charge is 0.143 e. The van der Waals surface area contributed by atoms with Gasteiger partial charge in [-0.1, -0.05) is 121 Å². The standard InChI is InChI=1S/C47H33N3O/c1-2-3-19-41(48)43-27-33(28-44(50-43)42-20-8-9-26-49-42)30-22-24-32(25-23-30)39-29-40-46-37(35-17-10-13-31-12-4-5-14-34(31)35)18-11-21-45(46)51-47(40)38-16-7-6-15-36(38)39/h2-29H,48H2,1H3/b3-2-,41-19-. The van der Waals surface area contributed by atoms with Crippen LogP contribution in [0.5, 0.6) is 0 Å². The fraction of sp³-hybridized carbons (Fsp3) is 0.0213. The minimum absolute atomic E-state index is 0.596. The van der Waals surface area contributed by atoms with Gasteiger partial charge in [0, 0.05) is 22.4 Å². The van der Waals surface area contributed by atoms with Crippen LogP contribution in [-0.4, -0.2) is 9.97 Å². The highest BCUT2D eigenvalue weighted by molar-refractivity contribution is 6.23. The van der Waals surface area contributed by atoms with Crippen molar-refractivity contribution >= 4 is 49.2 Å². The molecule has 3 heterocycles. The highest BCUT2D eigenvalue weighted by atomic mass is 16.3. The minimum Gasteiger partial charge on any atom is -0.455 e. The lowest BCUT2D eigenvalue weighted by Crippen LogP contribution is -2.01. The van der Waals surface area contributed by atoms with Crippen LogP contribution < -0.4 is 5.73 Å². The molecule has 0 saturated heterocycles. The number of allylic oxidation sites excluding steroid dienone is 3. The molecule has 0 radical (unpaired) electrons. The Kier molecular flexibility index (Phi) is 7.48. The van der Waals surface area contributed by atoms with Gasteiger partial charge in [-0.3, -0.25) is 4.98 Å². The lowest BCUT2D eigenvalue weighted by molar-refractivity contribution is 0.673. The Hall–Kier alpha value is -6.78. The summed E-state index contributed by atoms with van der Waals surface area (Å²) in [5.41, 5.74) is 17.9. The maximum atomic E-state index is 6.68. The van der Waals surface area contributed by atoms with Gasteiger partial charge in [-0.25, -0.2) is 4.98 Å². The molecular weight excluding hydrogens is 623 g/mol. The van der Waals surface area contributed by atoms with E-state index in [-0.39, 0.29) is 0 Å². The van der Waals surface area contributed by atoms with E-state index in [2.05, 4.69) is 126 Å². The first-order valence-electron chi connectivity index (χ1n) is 17.1. The van der Waals surface area contributed by atoms with Gasteiger partial charge < -0.3 is 10.2 Å². The minimum atomic E-state index is 0.596. The van der Waals surface area contributed by atoms with Crippen LogP contribution in [0, 0.1) is 0 Å². The second kappa shape index (κ2) is 12.6. The van der Waals surface area contributed by atoms with Crippen molar-refractivity contribution in [3.63, 3.8) is 0 Å². The van der Waals surface area contributed by atoms with E-state index in [9.17, 15) is 0 Å². The molecule has 0 bridgehead atoms. The number of fused-ring (bicyclic) bond motifs is 6. The number of aromatic nitrogens is 2. The number of benzene rings is 6. The van der Waals surface area contributed by atoms with Crippen molar-refractivity contribution in [2.24, 2.45) is 5.73 Å². The summed E-state index contributed by atoms with van der Waals surface area (Å²) >= 11 is 0. The fourth-order valence-corrected chi connectivity index (χ4v) is 7.19. The monoisotopic (exact) mass is 655 g/mol. The fourth-order valence-electron chi connectivity index (χ4n) is 7.19. The molecule has 6 aromatic carbocycles. The first-order valence-corrected chi connectivity index (χ1v) is 17.1.